The Morgan fingerprint density at radius 2 is 2.11 bits per heavy atom. The molecule has 0 amide bonds. The summed E-state index contributed by atoms with van der Waals surface area (Å²) in [4.78, 5) is 0. The molecule has 19 heavy (non-hydrogen) atoms. The molecule has 0 radical (unpaired) electrons. The van der Waals surface area contributed by atoms with E-state index >= 15 is 0 Å². The maximum Gasteiger partial charge on any atom is 0.124 e. The fourth-order valence-electron chi connectivity index (χ4n) is 1.38. The maximum absolute atomic E-state index is 13.2. The van der Waals surface area contributed by atoms with Crippen LogP contribution in [0.1, 0.15) is 44.7 Å². The molecule has 0 bridgehead atoms. The summed E-state index contributed by atoms with van der Waals surface area (Å²) < 4.78 is 19.1. The Morgan fingerprint density at radius 1 is 1.37 bits per heavy atom. The van der Waals surface area contributed by atoms with Crippen LogP contribution in [0.25, 0.3) is 0 Å². The van der Waals surface area contributed by atoms with Crippen LogP contribution in [0.4, 0.5) is 4.39 Å². The third-order valence-corrected chi connectivity index (χ3v) is 3.00. The third kappa shape index (κ3) is 5.42. The number of benzene rings is 1. The molecule has 2 nitrogen and oxygen atoms in total. The molecule has 0 atom stereocenters. The summed E-state index contributed by atoms with van der Waals surface area (Å²) in [6, 6.07) is 4.51. The van der Waals surface area contributed by atoms with Crippen molar-refractivity contribution in [2.45, 2.75) is 45.8 Å². The lowest BCUT2D eigenvalue weighted by Gasteiger charge is -2.23. The number of ether oxygens (including phenoxy) is 1. The van der Waals surface area contributed by atoms with Gasteiger partial charge in [0.05, 0.1) is 18.8 Å². The Balaban J connectivity index is 2.86. The summed E-state index contributed by atoms with van der Waals surface area (Å²) in [5.41, 5.74) is 1.29. The van der Waals surface area contributed by atoms with Gasteiger partial charge in [-0.25, -0.2) is 4.39 Å². The van der Waals surface area contributed by atoms with E-state index in [1.54, 1.807) is 6.07 Å². The average Bonchev–Trinajstić information content (AvgIpc) is 2.38. The van der Waals surface area contributed by atoms with E-state index < -0.39 is 0 Å². The molecule has 0 aliphatic carbocycles. The van der Waals surface area contributed by atoms with E-state index in [-0.39, 0.29) is 18.0 Å². The Kier molecular flexibility index (Phi) is 6.01. The van der Waals surface area contributed by atoms with Gasteiger partial charge < -0.3 is 9.84 Å². The number of aliphatic hydroxyl groups excluding tert-OH is 1. The van der Waals surface area contributed by atoms with Gasteiger partial charge in [-0.15, -0.1) is 0 Å². The predicted octanol–water partition coefficient (Wildman–Crippen LogP) is 3.26. The van der Waals surface area contributed by atoms with Crippen molar-refractivity contribution in [3.05, 3.63) is 35.1 Å². The Labute approximate surface area is 114 Å². The molecule has 0 unspecified atom stereocenters. The molecule has 0 saturated carbocycles. The van der Waals surface area contributed by atoms with E-state index in [1.807, 2.05) is 13.8 Å². The first-order valence-electron chi connectivity index (χ1n) is 6.50. The number of halogens is 1. The summed E-state index contributed by atoms with van der Waals surface area (Å²) in [6.45, 7) is 6.52. The number of hydrogen-bond acceptors (Lipinski definition) is 2. The van der Waals surface area contributed by atoms with Crippen LogP contribution in [0, 0.1) is 17.7 Å². The largest absolute Gasteiger partial charge is 0.395 e. The highest BCUT2D eigenvalue weighted by Crippen LogP contribution is 2.19. The van der Waals surface area contributed by atoms with Crippen LogP contribution < -0.4 is 0 Å². The van der Waals surface area contributed by atoms with Crippen LogP contribution in [-0.4, -0.2) is 17.3 Å². The van der Waals surface area contributed by atoms with Crippen molar-refractivity contribution in [1.29, 1.82) is 0 Å². The number of aliphatic hydroxyl groups is 1. The molecule has 0 fully saturated rings. The van der Waals surface area contributed by atoms with Crippen molar-refractivity contribution in [2.24, 2.45) is 0 Å². The van der Waals surface area contributed by atoms with Gasteiger partial charge >= 0.3 is 0 Å². The molecular weight excluding hydrogens is 243 g/mol. The molecule has 0 aromatic heterocycles. The lowest BCUT2D eigenvalue weighted by Crippen LogP contribution is -2.22. The van der Waals surface area contributed by atoms with E-state index in [1.165, 1.54) is 12.1 Å². The van der Waals surface area contributed by atoms with Crippen LogP contribution in [-0.2, 0) is 11.3 Å². The highest BCUT2D eigenvalue weighted by molar-refractivity contribution is 5.41. The van der Waals surface area contributed by atoms with Gasteiger partial charge in [0.2, 0.25) is 0 Å². The molecule has 3 heteroatoms. The second kappa shape index (κ2) is 7.28. The van der Waals surface area contributed by atoms with Crippen molar-refractivity contribution in [2.75, 3.05) is 6.61 Å². The molecule has 1 aromatic rings. The Morgan fingerprint density at radius 3 is 2.74 bits per heavy atom. The standard InChI is InChI=1S/C16H21FO2/c1-4-16(2,3)19-12-14-8-9-15(17)11-13(14)7-5-6-10-18/h8-9,11,18H,4,6,10,12H2,1-3H3. The van der Waals surface area contributed by atoms with Gasteiger partial charge in [-0.3, -0.25) is 0 Å². The Hall–Kier alpha value is -1.37. The molecule has 0 saturated heterocycles. The SMILES string of the molecule is CCC(C)(C)OCc1ccc(F)cc1C#CCCO. The molecule has 0 aliphatic heterocycles. The highest BCUT2D eigenvalue weighted by atomic mass is 19.1. The lowest BCUT2D eigenvalue weighted by molar-refractivity contribution is -0.0317. The molecular formula is C16H21FO2. The van der Waals surface area contributed by atoms with E-state index in [4.69, 9.17) is 9.84 Å². The van der Waals surface area contributed by atoms with Gasteiger partial charge in [0.1, 0.15) is 5.82 Å². The zero-order valence-electron chi connectivity index (χ0n) is 11.8. The smallest absolute Gasteiger partial charge is 0.124 e. The van der Waals surface area contributed by atoms with Crippen LogP contribution in [0.2, 0.25) is 0 Å². The van der Waals surface area contributed by atoms with E-state index in [0.717, 1.165) is 12.0 Å². The summed E-state index contributed by atoms with van der Waals surface area (Å²) in [6.07, 6.45) is 1.29. The second-order valence-corrected chi connectivity index (χ2v) is 4.98. The van der Waals surface area contributed by atoms with Crippen molar-refractivity contribution in [3.63, 3.8) is 0 Å². The quantitative estimate of drug-likeness (QED) is 0.827. The van der Waals surface area contributed by atoms with E-state index in [9.17, 15) is 4.39 Å². The monoisotopic (exact) mass is 264 g/mol. The zero-order chi connectivity index (χ0) is 14.3. The molecule has 104 valence electrons. The zero-order valence-corrected chi connectivity index (χ0v) is 11.8. The van der Waals surface area contributed by atoms with Crippen LogP contribution in [0.5, 0.6) is 0 Å². The lowest BCUT2D eigenvalue weighted by atomic mass is 10.1. The molecule has 0 aliphatic rings. The number of hydrogen-bond donors (Lipinski definition) is 1. The minimum atomic E-state index is -0.313. The Bertz CT molecular complexity index is 469. The topological polar surface area (TPSA) is 29.5 Å². The summed E-state index contributed by atoms with van der Waals surface area (Å²) in [5.74, 6) is 5.37. The second-order valence-electron chi connectivity index (χ2n) is 4.98. The van der Waals surface area contributed by atoms with Gasteiger partial charge in [0.15, 0.2) is 0 Å². The van der Waals surface area contributed by atoms with E-state index in [0.29, 0.717) is 18.6 Å². The van der Waals surface area contributed by atoms with Gasteiger partial charge in [-0.1, -0.05) is 24.8 Å². The van der Waals surface area contributed by atoms with Crippen LogP contribution in [0.15, 0.2) is 18.2 Å². The van der Waals surface area contributed by atoms with Crippen molar-refractivity contribution in [3.8, 4) is 11.8 Å². The highest BCUT2D eigenvalue weighted by Gasteiger charge is 2.16. The van der Waals surface area contributed by atoms with Gasteiger partial charge in [0, 0.05) is 12.0 Å². The molecule has 0 spiro atoms. The first kappa shape index (κ1) is 15.7. The normalized spacial score (nSPS) is 11.0. The molecule has 1 N–H and O–H groups in total. The van der Waals surface area contributed by atoms with Crippen molar-refractivity contribution >= 4 is 0 Å². The molecule has 1 aromatic carbocycles. The van der Waals surface area contributed by atoms with Crippen LogP contribution >= 0.6 is 0 Å². The summed E-state index contributed by atoms with van der Waals surface area (Å²) in [7, 11) is 0. The van der Waals surface area contributed by atoms with Crippen molar-refractivity contribution in [1.82, 2.24) is 0 Å². The minimum Gasteiger partial charge on any atom is -0.395 e. The fourth-order valence-corrected chi connectivity index (χ4v) is 1.38. The predicted molar refractivity (Wildman–Crippen MR) is 74.1 cm³/mol. The first-order chi connectivity index (χ1) is 8.98. The minimum absolute atomic E-state index is 0.0109. The van der Waals surface area contributed by atoms with E-state index in [2.05, 4.69) is 18.8 Å². The fraction of sp³-hybridized carbons (Fsp3) is 0.500. The van der Waals surface area contributed by atoms with Crippen molar-refractivity contribution < 1.29 is 14.2 Å². The van der Waals surface area contributed by atoms with Gasteiger partial charge in [-0.05, 0) is 38.0 Å². The summed E-state index contributed by atoms with van der Waals surface area (Å²) in [5, 5.41) is 8.71. The van der Waals surface area contributed by atoms with Crippen LogP contribution in [0.3, 0.4) is 0 Å². The first-order valence-corrected chi connectivity index (χ1v) is 6.50. The third-order valence-electron chi connectivity index (χ3n) is 3.00. The average molecular weight is 264 g/mol. The summed E-state index contributed by atoms with van der Waals surface area (Å²) >= 11 is 0. The van der Waals surface area contributed by atoms with Gasteiger partial charge in [-0.2, -0.15) is 0 Å². The molecule has 0 heterocycles. The number of rotatable bonds is 5. The maximum atomic E-state index is 13.2. The van der Waals surface area contributed by atoms with Gasteiger partial charge in [0.25, 0.3) is 0 Å². The molecule has 1 rings (SSSR count).